The average Bonchev–Trinajstić information content (AvgIpc) is 3.10. The third kappa shape index (κ3) is 2.55. The van der Waals surface area contributed by atoms with Crippen LogP contribution in [0.4, 0.5) is 5.13 Å². The van der Waals surface area contributed by atoms with Crippen LogP contribution in [-0.2, 0) is 0 Å². The van der Waals surface area contributed by atoms with Gasteiger partial charge in [-0.1, -0.05) is 18.2 Å². The van der Waals surface area contributed by atoms with Gasteiger partial charge in [0.15, 0.2) is 0 Å². The van der Waals surface area contributed by atoms with E-state index in [9.17, 15) is 0 Å². The first kappa shape index (κ1) is 12.8. The van der Waals surface area contributed by atoms with Crippen molar-refractivity contribution in [3.8, 4) is 5.69 Å². The molecule has 1 atom stereocenters. The monoisotopic (exact) mass is 285 g/mol. The fourth-order valence-electron chi connectivity index (χ4n) is 2.09. The predicted octanol–water partition coefficient (Wildman–Crippen LogP) is 3.21. The number of hydrogen-bond acceptors (Lipinski definition) is 5. The third-order valence-corrected chi connectivity index (χ3v) is 3.76. The summed E-state index contributed by atoms with van der Waals surface area (Å²) in [7, 11) is 0. The second kappa shape index (κ2) is 5.42. The Hall–Kier alpha value is -2.21. The van der Waals surface area contributed by atoms with Gasteiger partial charge in [-0.15, -0.1) is 0 Å². The van der Waals surface area contributed by atoms with Crippen molar-refractivity contribution in [1.29, 1.82) is 0 Å². The van der Waals surface area contributed by atoms with Gasteiger partial charge in [0, 0.05) is 23.9 Å². The highest BCUT2D eigenvalue weighted by Gasteiger charge is 2.13. The second-order valence-electron chi connectivity index (χ2n) is 4.52. The minimum atomic E-state index is 0.128. The van der Waals surface area contributed by atoms with Gasteiger partial charge in [0.1, 0.15) is 5.82 Å². The van der Waals surface area contributed by atoms with Crippen LogP contribution in [0.2, 0.25) is 0 Å². The molecule has 0 aliphatic rings. The first-order chi connectivity index (χ1) is 9.74. The Bertz CT molecular complexity index is 689. The Labute approximate surface area is 121 Å². The van der Waals surface area contributed by atoms with Crippen LogP contribution in [0.1, 0.15) is 24.4 Å². The maximum Gasteiger partial charge on any atom is 0.203 e. The van der Waals surface area contributed by atoms with Crippen LogP contribution in [0.5, 0.6) is 0 Å². The number of hydrogen-bond donors (Lipinski definition) is 1. The molecule has 102 valence electrons. The van der Waals surface area contributed by atoms with E-state index in [-0.39, 0.29) is 6.04 Å². The molecule has 5 nitrogen and oxygen atoms in total. The van der Waals surface area contributed by atoms with E-state index in [0.29, 0.717) is 0 Å². The molecule has 0 amide bonds. The van der Waals surface area contributed by atoms with Crippen molar-refractivity contribution in [2.75, 3.05) is 5.32 Å². The number of nitrogens with one attached hydrogen (secondary N) is 1. The number of aromatic nitrogens is 4. The maximum absolute atomic E-state index is 4.34. The Morgan fingerprint density at radius 3 is 2.80 bits per heavy atom. The summed E-state index contributed by atoms with van der Waals surface area (Å²) in [6.07, 6.45) is 3.73. The van der Waals surface area contributed by atoms with E-state index in [1.54, 1.807) is 6.20 Å². The van der Waals surface area contributed by atoms with E-state index < -0.39 is 0 Å². The number of anilines is 1. The summed E-state index contributed by atoms with van der Waals surface area (Å²) in [4.78, 5) is 4.34. The van der Waals surface area contributed by atoms with E-state index in [1.165, 1.54) is 17.1 Å². The van der Waals surface area contributed by atoms with Gasteiger partial charge in [0.25, 0.3) is 0 Å². The molecule has 1 N–H and O–H groups in total. The summed E-state index contributed by atoms with van der Waals surface area (Å²) >= 11 is 1.38. The number of benzene rings is 1. The molecule has 0 aliphatic heterocycles. The van der Waals surface area contributed by atoms with Gasteiger partial charge in [-0.2, -0.15) is 9.47 Å². The summed E-state index contributed by atoms with van der Waals surface area (Å²) in [6, 6.07) is 10.3. The molecule has 0 fully saturated rings. The Morgan fingerprint density at radius 1 is 1.25 bits per heavy atom. The topological polar surface area (TPSA) is 55.6 Å². The number of aryl methyl sites for hydroxylation is 1. The van der Waals surface area contributed by atoms with Gasteiger partial charge >= 0.3 is 0 Å². The largest absolute Gasteiger partial charge is 0.354 e. The smallest absolute Gasteiger partial charge is 0.203 e. The van der Waals surface area contributed by atoms with E-state index in [4.69, 9.17) is 0 Å². The fourth-order valence-corrected chi connectivity index (χ4v) is 2.75. The number of nitrogens with zero attached hydrogens (tertiary/aromatic N) is 4. The molecule has 20 heavy (non-hydrogen) atoms. The van der Waals surface area contributed by atoms with Crippen molar-refractivity contribution in [2.45, 2.75) is 19.9 Å². The predicted molar refractivity (Wildman–Crippen MR) is 80.2 cm³/mol. The molecule has 3 aromatic rings. The van der Waals surface area contributed by atoms with Crippen molar-refractivity contribution < 1.29 is 0 Å². The molecule has 2 aromatic heterocycles. The Kier molecular flexibility index (Phi) is 3.47. The normalized spacial score (nSPS) is 12.3. The molecule has 0 radical (unpaired) electrons. The fraction of sp³-hybridized carbons (Fsp3) is 0.214. The molecule has 3 rings (SSSR count). The molecule has 0 saturated carbocycles. The summed E-state index contributed by atoms with van der Waals surface area (Å²) in [5.41, 5.74) is 2.24. The van der Waals surface area contributed by atoms with Crippen LogP contribution in [-0.4, -0.2) is 19.1 Å². The summed E-state index contributed by atoms with van der Waals surface area (Å²) in [5, 5.41) is 8.53. The first-order valence-corrected chi connectivity index (χ1v) is 7.17. The highest BCUT2D eigenvalue weighted by Crippen LogP contribution is 2.25. The lowest BCUT2D eigenvalue weighted by atomic mass is 10.1. The Balaban J connectivity index is 1.90. The minimum absolute atomic E-state index is 0.128. The minimum Gasteiger partial charge on any atom is -0.354 e. The van der Waals surface area contributed by atoms with Gasteiger partial charge in [-0.05, 0) is 31.5 Å². The van der Waals surface area contributed by atoms with Gasteiger partial charge in [0.05, 0.1) is 11.7 Å². The first-order valence-electron chi connectivity index (χ1n) is 6.40. The lowest BCUT2D eigenvalue weighted by Gasteiger charge is -2.17. The Morgan fingerprint density at radius 2 is 2.10 bits per heavy atom. The van der Waals surface area contributed by atoms with Crippen molar-refractivity contribution in [2.24, 2.45) is 0 Å². The third-order valence-electron chi connectivity index (χ3n) is 3.02. The SMILES string of the molecule is Cc1nsc(NC(C)c2ccccc2-n2cccn2)n1. The van der Waals surface area contributed by atoms with Crippen molar-refractivity contribution in [3.63, 3.8) is 0 Å². The van der Waals surface area contributed by atoms with Gasteiger partial charge in [-0.25, -0.2) is 9.67 Å². The quantitative estimate of drug-likeness (QED) is 0.799. The lowest BCUT2D eigenvalue weighted by Crippen LogP contribution is -2.10. The lowest BCUT2D eigenvalue weighted by molar-refractivity contribution is 0.816. The van der Waals surface area contributed by atoms with E-state index >= 15 is 0 Å². The summed E-state index contributed by atoms with van der Waals surface area (Å²) in [6.45, 7) is 4.00. The molecule has 1 aromatic carbocycles. The summed E-state index contributed by atoms with van der Waals surface area (Å²) < 4.78 is 6.06. The van der Waals surface area contributed by atoms with Crippen molar-refractivity contribution in [3.05, 3.63) is 54.1 Å². The molecule has 0 spiro atoms. The standard InChI is InChI=1S/C14H15N5S/c1-10(16-14-17-11(2)18-20-14)12-6-3-4-7-13(12)19-9-5-8-15-19/h3-10H,1-2H3,(H,16,17,18). The average molecular weight is 285 g/mol. The molecule has 2 heterocycles. The molecule has 1 unspecified atom stereocenters. The maximum atomic E-state index is 4.34. The van der Waals surface area contributed by atoms with Crippen molar-refractivity contribution in [1.82, 2.24) is 19.1 Å². The number of rotatable bonds is 4. The van der Waals surface area contributed by atoms with Gasteiger partial charge < -0.3 is 5.32 Å². The molecule has 6 heteroatoms. The van der Waals surface area contributed by atoms with Crippen LogP contribution >= 0.6 is 11.5 Å². The molecular formula is C14H15N5S. The van der Waals surface area contributed by atoms with Crippen LogP contribution < -0.4 is 5.32 Å². The second-order valence-corrected chi connectivity index (χ2v) is 5.27. The molecule has 0 saturated heterocycles. The molecular weight excluding hydrogens is 270 g/mol. The van der Waals surface area contributed by atoms with Gasteiger partial charge in [-0.3, -0.25) is 0 Å². The van der Waals surface area contributed by atoms with E-state index in [2.05, 4.69) is 38.8 Å². The van der Waals surface area contributed by atoms with E-state index in [1.807, 2.05) is 36.0 Å². The van der Waals surface area contributed by atoms with E-state index in [0.717, 1.165) is 16.6 Å². The molecule has 0 aliphatic carbocycles. The van der Waals surface area contributed by atoms with Crippen molar-refractivity contribution >= 4 is 16.7 Å². The number of para-hydroxylation sites is 1. The van der Waals surface area contributed by atoms with Gasteiger partial charge in [0.2, 0.25) is 5.13 Å². The highest BCUT2D eigenvalue weighted by molar-refractivity contribution is 7.09. The zero-order valence-electron chi connectivity index (χ0n) is 11.3. The summed E-state index contributed by atoms with van der Waals surface area (Å²) in [5.74, 6) is 0.796. The highest BCUT2D eigenvalue weighted by atomic mass is 32.1. The molecule has 0 bridgehead atoms. The van der Waals surface area contributed by atoms with Crippen LogP contribution in [0.25, 0.3) is 5.69 Å². The van der Waals surface area contributed by atoms with Crippen LogP contribution in [0.3, 0.4) is 0 Å². The zero-order valence-corrected chi connectivity index (χ0v) is 12.1. The zero-order chi connectivity index (χ0) is 13.9. The van der Waals surface area contributed by atoms with Crippen LogP contribution in [0, 0.1) is 6.92 Å². The van der Waals surface area contributed by atoms with Crippen LogP contribution in [0.15, 0.2) is 42.7 Å².